The van der Waals surface area contributed by atoms with Crippen molar-refractivity contribution in [3.63, 3.8) is 0 Å². The Kier molecular flexibility index (Phi) is 3.42. The maximum Gasteiger partial charge on any atom is 0.0483 e. The summed E-state index contributed by atoms with van der Waals surface area (Å²) in [5, 5.41) is 1.20. The number of aromatic amines is 1. The standard InChI is InChI=1S/C21H19N3/c1-13-6-7-22-11-19(13)21-10-17-9-16(4-5-20(17)24-21)18-12-23-15(3)8-14(18)2/h4-12,24H,1-3H3. The number of H-pyrrole nitrogens is 1. The van der Waals surface area contributed by atoms with Gasteiger partial charge < -0.3 is 4.98 Å². The van der Waals surface area contributed by atoms with Crippen LogP contribution in [0, 0.1) is 20.8 Å². The molecule has 4 aromatic rings. The average Bonchev–Trinajstić information content (AvgIpc) is 2.98. The molecule has 4 rings (SSSR count). The third-order valence-corrected chi connectivity index (χ3v) is 4.51. The van der Waals surface area contributed by atoms with Gasteiger partial charge in [0.15, 0.2) is 0 Å². The van der Waals surface area contributed by atoms with E-state index in [0.29, 0.717) is 0 Å². The predicted octanol–water partition coefficient (Wildman–Crippen LogP) is 5.22. The smallest absolute Gasteiger partial charge is 0.0483 e. The van der Waals surface area contributed by atoms with Gasteiger partial charge in [-0.2, -0.15) is 0 Å². The fourth-order valence-corrected chi connectivity index (χ4v) is 3.19. The molecule has 0 bridgehead atoms. The summed E-state index contributed by atoms with van der Waals surface area (Å²) < 4.78 is 0. The lowest BCUT2D eigenvalue weighted by molar-refractivity contribution is 1.18. The van der Waals surface area contributed by atoms with Gasteiger partial charge in [0, 0.05) is 52.0 Å². The second-order valence-electron chi connectivity index (χ2n) is 6.32. The van der Waals surface area contributed by atoms with Crippen molar-refractivity contribution in [1.82, 2.24) is 15.0 Å². The SMILES string of the molecule is Cc1cc(C)c(-c2ccc3[nH]c(-c4cnccc4C)cc3c2)cn1. The first-order chi connectivity index (χ1) is 11.6. The summed E-state index contributed by atoms with van der Waals surface area (Å²) in [6.45, 7) is 6.26. The molecule has 1 aromatic carbocycles. The lowest BCUT2D eigenvalue weighted by Crippen LogP contribution is -1.88. The molecule has 118 valence electrons. The Morgan fingerprint density at radius 3 is 2.50 bits per heavy atom. The molecule has 0 aliphatic rings. The van der Waals surface area contributed by atoms with Crippen LogP contribution in [-0.2, 0) is 0 Å². The maximum atomic E-state index is 4.44. The van der Waals surface area contributed by atoms with Crippen LogP contribution in [0.4, 0.5) is 0 Å². The Morgan fingerprint density at radius 1 is 0.833 bits per heavy atom. The fraction of sp³-hybridized carbons (Fsp3) is 0.143. The number of benzene rings is 1. The highest BCUT2D eigenvalue weighted by Crippen LogP contribution is 2.30. The van der Waals surface area contributed by atoms with Crippen LogP contribution in [-0.4, -0.2) is 15.0 Å². The molecule has 1 N–H and O–H groups in total. The van der Waals surface area contributed by atoms with Crippen LogP contribution in [0.5, 0.6) is 0 Å². The molecule has 0 spiro atoms. The van der Waals surface area contributed by atoms with Crippen LogP contribution in [0.2, 0.25) is 0 Å². The van der Waals surface area contributed by atoms with E-state index in [1.807, 2.05) is 31.6 Å². The van der Waals surface area contributed by atoms with Crippen molar-refractivity contribution in [1.29, 1.82) is 0 Å². The maximum absolute atomic E-state index is 4.44. The van der Waals surface area contributed by atoms with E-state index in [4.69, 9.17) is 0 Å². The molecule has 24 heavy (non-hydrogen) atoms. The van der Waals surface area contributed by atoms with Gasteiger partial charge in [0.1, 0.15) is 0 Å². The Hall–Kier alpha value is -2.94. The largest absolute Gasteiger partial charge is 0.354 e. The third kappa shape index (κ3) is 2.48. The topological polar surface area (TPSA) is 41.6 Å². The zero-order valence-corrected chi connectivity index (χ0v) is 14.1. The number of nitrogens with one attached hydrogen (secondary N) is 1. The Balaban J connectivity index is 1.83. The molecule has 3 heterocycles. The molecule has 0 saturated carbocycles. The molecule has 0 amide bonds. The summed E-state index contributed by atoms with van der Waals surface area (Å²) >= 11 is 0. The summed E-state index contributed by atoms with van der Waals surface area (Å²) in [7, 11) is 0. The summed E-state index contributed by atoms with van der Waals surface area (Å²) in [6.07, 6.45) is 5.70. The van der Waals surface area contributed by atoms with Crippen molar-refractivity contribution < 1.29 is 0 Å². The van der Waals surface area contributed by atoms with Crippen LogP contribution in [0.3, 0.4) is 0 Å². The summed E-state index contributed by atoms with van der Waals surface area (Å²) in [5.74, 6) is 0. The molecule has 3 heteroatoms. The number of rotatable bonds is 2. The van der Waals surface area contributed by atoms with Gasteiger partial charge in [0.2, 0.25) is 0 Å². The fourth-order valence-electron chi connectivity index (χ4n) is 3.19. The van der Waals surface area contributed by atoms with Gasteiger partial charge in [-0.25, -0.2) is 0 Å². The molecular formula is C21H19N3. The number of aryl methyl sites for hydroxylation is 3. The lowest BCUT2D eigenvalue weighted by atomic mass is 10.0. The van der Waals surface area contributed by atoms with Crippen LogP contribution in [0.15, 0.2) is 55.0 Å². The highest BCUT2D eigenvalue weighted by atomic mass is 14.7. The first kappa shape index (κ1) is 14.6. The third-order valence-electron chi connectivity index (χ3n) is 4.51. The van der Waals surface area contributed by atoms with Gasteiger partial charge in [0.05, 0.1) is 0 Å². The van der Waals surface area contributed by atoms with Crippen molar-refractivity contribution in [3.8, 4) is 22.4 Å². The first-order valence-corrected chi connectivity index (χ1v) is 8.09. The molecule has 0 aliphatic heterocycles. The normalized spacial score (nSPS) is 11.1. The second kappa shape index (κ2) is 5.60. The van der Waals surface area contributed by atoms with Crippen LogP contribution >= 0.6 is 0 Å². The predicted molar refractivity (Wildman–Crippen MR) is 99.0 cm³/mol. The van der Waals surface area contributed by atoms with Gasteiger partial charge in [-0.15, -0.1) is 0 Å². The van der Waals surface area contributed by atoms with E-state index in [0.717, 1.165) is 22.5 Å². The molecule has 0 atom stereocenters. The molecular weight excluding hydrogens is 294 g/mol. The number of fused-ring (bicyclic) bond motifs is 1. The van der Waals surface area contributed by atoms with Crippen LogP contribution in [0.1, 0.15) is 16.8 Å². The van der Waals surface area contributed by atoms with Crippen LogP contribution in [0.25, 0.3) is 33.3 Å². The molecule has 0 unspecified atom stereocenters. The first-order valence-electron chi connectivity index (χ1n) is 8.09. The molecule has 0 radical (unpaired) electrons. The van der Waals surface area contributed by atoms with E-state index >= 15 is 0 Å². The monoisotopic (exact) mass is 313 g/mol. The number of aromatic nitrogens is 3. The minimum Gasteiger partial charge on any atom is -0.354 e. The lowest BCUT2D eigenvalue weighted by Gasteiger charge is -2.06. The minimum absolute atomic E-state index is 1.05. The number of nitrogens with zero attached hydrogens (tertiary/aromatic N) is 2. The van der Waals surface area contributed by atoms with E-state index in [2.05, 4.69) is 59.1 Å². The van der Waals surface area contributed by atoms with E-state index in [1.54, 1.807) is 0 Å². The van der Waals surface area contributed by atoms with Crippen molar-refractivity contribution in [2.75, 3.05) is 0 Å². The van der Waals surface area contributed by atoms with Crippen LogP contribution < -0.4 is 0 Å². The zero-order valence-electron chi connectivity index (χ0n) is 14.1. The van der Waals surface area contributed by atoms with Gasteiger partial charge in [-0.1, -0.05) is 6.07 Å². The number of pyridine rings is 2. The molecule has 0 fully saturated rings. The summed E-state index contributed by atoms with van der Waals surface area (Å²) in [4.78, 5) is 12.2. The Morgan fingerprint density at radius 2 is 1.71 bits per heavy atom. The molecule has 3 nitrogen and oxygen atoms in total. The summed E-state index contributed by atoms with van der Waals surface area (Å²) in [6, 6.07) is 12.9. The average molecular weight is 313 g/mol. The van der Waals surface area contributed by atoms with Crippen molar-refractivity contribution in [2.24, 2.45) is 0 Å². The van der Waals surface area contributed by atoms with Crippen molar-refractivity contribution >= 4 is 10.9 Å². The van der Waals surface area contributed by atoms with E-state index in [1.165, 1.54) is 27.6 Å². The number of hydrogen-bond acceptors (Lipinski definition) is 2. The number of hydrogen-bond donors (Lipinski definition) is 1. The highest BCUT2D eigenvalue weighted by molar-refractivity contribution is 5.90. The zero-order chi connectivity index (χ0) is 16.7. The molecule has 0 aliphatic carbocycles. The highest BCUT2D eigenvalue weighted by Gasteiger charge is 2.09. The van der Waals surface area contributed by atoms with E-state index in [-0.39, 0.29) is 0 Å². The van der Waals surface area contributed by atoms with Gasteiger partial charge in [-0.3, -0.25) is 9.97 Å². The Bertz CT molecular complexity index is 1040. The van der Waals surface area contributed by atoms with Gasteiger partial charge in [-0.05, 0) is 67.8 Å². The van der Waals surface area contributed by atoms with Gasteiger partial charge in [0.25, 0.3) is 0 Å². The van der Waals surface area contributed by atoms with E-state index < -0.39 is 0 Å². The van der Waals surface area contributed by atoms with Crippen molar-refractivity contribution in [3.05, 3.63) is 71.8 Å². The van der Waals surface area contributed by atoms with E-state index in [9.17, 15) is 0 Å². The second-order valence-corrected chi connectivity index (χ2v) is 6.32. The van der Waals surface area contributed by atoms with Crippen molar-refractivity contribution in [2.45, 2.75) is 20.8 Å². The molecule has 3 aromatic heterocycles. The quantitative estimate of drug-likeness (QED) is 0.551. The Labute approximate surface area is 141 Å². The summed E-state index contributed by atoms with van der Waals surface area (Å²) in [5.41, 5.74) is 9.28. The molecule has 0 saturated heterocycles. The minimum atomic E-state index is 1.05. The van der Waals surface area contributed by atoms with Gasteiger partial charge >= 0.3 is 0 Å².